The fourth-order valence-electron chi connectivity index (χ4n) is 1.82. The second-order valence-electron chi connectivity index (χ2n) is 4.62. The van der Waals surface area contributed by atoms with E-state index in [9.17, 15) is 4.79 Å². The fraction of sp³-hybridized carbons (Fsp3) is 0.846. The van der Waals surface area contributed by atoms with E-state index in [-0.39, 0.29) is 5.91 Å². The van der Waals surface area contributed by atoms with Gasteiger partial charge >= 0.3 is 0 Å². The van der Waals surface area contributed by atoms with Crippen molar-refractivity contribution in [3.63, 3.8) is 0 Å². The van der Waals surface area contributed by atoms with Crippen LogP contribution in [0.3, 0.4) is 0 Å². The number of hydrogen-bond acceptors (Lipinski definition) is 3. The molecule has 18 heavy (non-hydrogen) atoms. The van der Waals surface area contributed by atoms with Gasteiger partial charge in [-0.1, -0.05) is 26.1 Å². The molecular formula is C13H27N3OS. The van der Waals surface area contributed by atoms with E-state index in [1.165, 1.54) is 0 Å². The zero-order chi connectivity index (χ0) is 14.0. The second-order valence-corrected chi connectivity index (χ2v) is 5.15. The van der Waals surface area contributed by atoms with Crippen LogP contribution in [0.15, 0.2) is 0 Å². The molecule has 0 spiro atoms. The van der Waals surface area contributed by atoms with Gasteiger partial charge in [-0.2, -0.15) is 0 Å². The molecule has 0 aromatic rings. The third-order valence-corrected chi connectivity index (χ3v) is 3.05. The summed E-state index contributed by atoms with van der Waals surface area (Å²) < 4.78 is 0. The highest BCUT2D eigenvalue weighted by Crippen LogP contribution is 1.99. The summed E-state index contributed by atoms with van der Waals surface area (Å²) in [6, 6.07) is 0. The number of thiocarbonyl (C=S) groups is 1. The third-order valence-electron chi connectivity index (χ3n) is 2.84. The van der Waals surface area contributed by atoms with E-state index in [0.29, 0.717) is 24.4 Å². The smallest absolute Gasteiger partial charge is 0.223 e. The Hall–Kier alpha value is -0.680. The van der Waals surface area contributed by atoms with Gasteiger partial charge in [0.15, 0.2) is 0 Å². The first-order chi connectivity index (χ1) is 8.51. The van der Waals surface area contributed by atoms with Crippen molar-refractivity contribution in [1.29, 1.82) is 0 Å². The summed E-state index contributed by atoms with van der Waals surface area (Å²) in [5, 5.41) is 0. The maximum Gasteiger partial charge on any atom is 0.223 e. The van der Waals surface area contributed by atoms with Crippen LogP contribution in [-0.2, 0) is 4.79 Å². The van der Waals surface area contributed by atoms with Gasteiger partial charge in [-0.05, 0) is 25.9 Å². The van der Waals surface area contributed by atoms with Crippen LogP contribution in [0.2, 0.25) is 0 Å². The molecule has 0 aliphatic rings. The molecule has 0 aromatic carbocycles. The summed E-state index contributed by atoms with van der Waals surface area (Å²) in [5.74, 6) is 0.170. The molecule has 0 rings (SSSR count). The molecule has 0 aliphatic heterocycles. The fourth-order valence-corrected chi connectivity index (χ4v) is 1.91. The zero-order valence-corrected chi connectivity index (χ0v) is 12.8. The lowest BCUT2D eigenvalue weighted by Crippen LogP contribution is -2.34. The van der Waals surface area contributed by atoms with Crippen LogP contribution in [0.25, 0.3) is 0 Å². The molecule has 0 saturated heterocycles. The highest BCUT2D eigenvalue weighted by Gasteiger charge is 2.11. The van der Waals surface area contributed by atoms with Gasteiger partial charge in [0, 0.05) is 33.0 Å². The van der Waals surface area contributed by atoms with Crippen molar-refractivity contribution in [2.75, 3.05) is 33.2 Å². The number of rotatable bonds is 10. The Balaban J connectivity index is 3.94. The highest BCUT2D eigenvalue weighted by atomic mass is 32.1. The first-order valence-corrected chi connectivity index (χ1v) is 7.16. The standard InChI is InChI=1S/C13H27N3OS/c1-4-8-16(9-5-2)11-7-13(17)15(3)10-6-12(14)18/h4-11H2,1-3H3,(H2,14,18). The Morgan fingerprint density at radius 2 is 1.61 bits per heavy atom. The van der Waals surface area contributed by atoms with E-state index in [1.54, 1.807) is 4.90 Å². The predicted molar refractivity (Wildman–Crippen MR) is 80.7 cm³/mol. The quantitative estimate of drug-likeness (QED) is 0.615. The summed E-state index contributed by atoms with van der Waals surface area (Å²) in [7, 11) is 1.81. The van der Waals surface area contributed by atoms with Crippen LogP contribution in [0.4, 0.5) is 0 Å². The maximum atomic E-state index is 11.9. The van der Waals surface area contributed by atoms with E-state index in [0.717, 1.165) is 32.5 Å². The van der Waals surface area contributed by atoms with Crippen molar-refractivity contribution in [1.82, 2.24) is 9.80 Å². The Kier molecular flexibility index (Phi) is 9.87. The van der Waals surface area contributed by atoms with Crippen LogP contribution >= 0.6 is 12.2 Å². The number of nitrogens with zero attached hydrogens (tertiary/aromatic N) is 2. The highest BCUT2D eigenvalue weighted by molar-refractivity contribution is 7.80. The molecule has 0 bridgehead atoms. The van der Waals surface area contributed by atoms with E-state index in [1.807, 2.05) is 7.05 Å². The lowest BCUT2D eigenvalue weighted by molar-refractivity contribution is -0.130. The maximum absolute atomic E-state index is 11.9. The van der Waals surface area contributed by atoms with Crippen LogP contribution in [0.1, 0.15) is 39.5 Å². The molecule has 4 nitrogen and oxygen atoms in total. The molecule has 0 radical (unpaired) electrons. The SMILES string of the molecule is CCCN(CCC)CCC(=O)N(C)CCC(N)=S. The Morgan fingerprint density at radius 1 is 1.06 bits per heavy atom. The average Bonchev–Trinajstić information content (AvgIpc) is 2.33. The topological polar surface area (TPSA) is 49.6 Å². The average molecular weight is 273 g/mol. The van der Waals surface area contributed by atoms with Crippen molar-refractivity contribution in [2.45, 2.75) is 39.5 Å². The molecular weight excluding hydrogens is 246 g/mol. The third kappa shape index (κ3) is 8.42. The Bertz CT molecular complexity index is 253. The molecule has 0 heterocycles. The number of nitrogens with two attached hydrogens (primary N) is 1. The molecule has 0 aromatic heterocycles. The van der Waals surface area contributed by atoms with Crippen LogP contribution < -0.4 is 5.73 Å². The number of carbonyl (C=O) groups is 1. The molecule has 0 saturated carbocycles. The van der Waals surface area contributed by atoms with Crippen molar-refractivity contribution in [3.8, 4) is 0 Å². The monoisotopic (exact) mass is 273 g/mol. The van der Waals surface area contributed by atoms with Crippen molar-refractivity contribution in [2.24, 2.45) is 5.73 Å². The molecule has 2 N–H and O–H groups in total. The van der Waals surface area contributed by atoms with Gasteiger partial charge < -0.3 is 15.5 Å². The van der Waals surface area contributed by atoms with Crippen LogP contribution in [0, 0.1) is 0 Å². The van der Waals surface area contributed by atoms with Gasteiger partial charge in [0.25, 0.3) is 0 Å². The van der Waals surface area contributed by atoms with Gasteiger partial charge in [0.05, 0.1) is 4.99 Å². The molecule has 1 amide bonds. The van der Waals surface area contributed by atoms with Crippen molar-refractivity contribution >= 4 is 23.1 Å². The van der Waals surface area contributed by atoms with Gasteiger partial charge in [-0.15, -0.1) is 0 Å². The van der Waals surface area contributed by atoms with E-state index in [4.69, 9.17) is 18.0 Å². The summed E-state index contributed by atoms with van der Waals surface area (Å²) in [5.41, 5.74) is 5.43. The first kappa shape index (κ1) is 17.3. The van der Waals surface area contributed by atoms with Crippen LogP contribution in [0.5, 0.6) is 0 Å². The minimum atomic E-state index is 0.170. The van der Waals surface area contributed by atoms with Gasteiger partial charge in [-0.25, -0.2) is 0 Å². The lowest BCUT2D eigenvalue weighted by Gasteiger charge is -2.22. The van der Waals surface area contributed by atoms with E-state index >= 15 is 0 Å². The van der Waals surface area contributed by atoms with E-state index < -0.39 is 0 Å². The number of hydrogen-bond donors (Lipinski definition) is 1. The Morgan fingerprint density at radius 3 is 2.06 bits per heavy atom. The van der Waals surface area contributed by atoms with Crippen molar-refractivity contribution < 1.29 is 4.79 Å². The summed E-state index contributed by atoms with van der Waals surface area (Å²) >= 11 is 4.81. The molecule has 106 valence electrons. The number of amides is 1. The second kappa shape index (κ2) is 10.3. The van der Waals surface area contributed by atoms with Crippen molar-refractivity contribution in [3.05, 3.63) is 0 Å². The Labute approximate surface area is 116 Å². The minimum absolute atomic E-state index is 0.170. The molecule has 0 fully saturated rings. The lowest BCUT2D eigenvalue weighted by atomic mass is 10.3. The van der Waals surface area contributed by atoms with Gasteiger partial charge in [0.1, 0.15) is 0 Å². The molecule has 0 atom stereocenters. The van der Waals surface area contributed by atoms with Crippen LogP contribution in [-0.4, -0.2) is 53.9 Å². The summed E-state index contributed by atoms with van der Waals surface area (Å²) in [4.78, 5) is 16.4. The van der Waals surface area contributed by atoms with Gasteiger partial charge in [-0.3, -0.25) is 4.79 Å². The van der Waals surface area contributed by atoms with Gasteiger partial charge in [0.2, 0.25) is 5.91 Å². The normalized spacial score (nSPS) is 10.7. The molecule has 0 unspecified atom stereocenters. The number of carbonyl (C=O) groups excluding carboxylic acids is 1. The first-order valence-electron chi connectivity index (χ1n) is 6.75. The van der Waals surface area contributed by atoms with E-state index in [2.05, 4.69) is 18.7 Å². The summed E-state index contributed by atoms with van der Waals surface area (Å²) in [6.07, 6.45) is 3.44. The predicted octanol–water partition coefficient (Wildman–Crippen LogP) is 1.63. The largest absolute Gasteiger partial charge is 0.393 e. The molecule has 5 heteroatoms. The molecule has 0 aliphatic carbocycles. The minimum Gasteiger partial charge on any atom is -0.393 e. The zero-order valence-electron chi connectivity index (χ0n) is 11.9. The summed E-state index contributed by atoms with van der Waals surface area (Å²) in [6.45, 7) is 7.93.